The van der Waals surface area contributed by atoms with E-state index in [2.05, 4.69) is 10.6 Å². The van der Waals surface area contributed by atoms with E-state index in [9.17, 15) is 19.7 Å². The third kappa shape index (κ3) is 5.04. The van der Waals surface area contributed by atoms with Crippen molar-refractivity contribution in [2.24, 2.45) is 0 Å². The molecule has 2 amide bonds. The van der Waals surface area contributed by atoms with Gasteiger partial charge >= 0.3 is 0 Å². The number of hydrogen-bond donors (Lipinski definition) is 2. The Bertz CT molecular complexity index is 835. The highest BCUT2D eigenvalue weighted by Crippen LogP contribution is 2.23. The molecule has 26 heavy (non-hydrogen) atoms. The van der Waals surface area contributed by atoms with Crippen molar-refractivity contribution in [2.75, 3.05) is 18.5 Å². The molecule has 0 saturated carbocycles. The molecule has 0 aliphatic carbocycles. The lowest BCUT2D eigenvalue weighted by molar-refractivity contribution is -0.385. The van der Waals surface area contributed by atoms with Crippen LogP contribution in [0.15, 0.2) is 42.5 Å². The van der Waals surface area contributed by atoms with Gasteiger partial charge in [0.1, 0.15) is 5.75 Å². The maximum atomic E-state index is 12.0. The van der Waals surface area contributed by atoms with Crippen LogP contribution in [0.3, 0.4) is 0 Å². The number of nitrogens with zero attached hydrogens (tertiary/aromatic N) is 1. The molecule has 0 heterocycles. The van der Waals surface area contributed by atoms with Crippen LogP contribution in [-0.4, -0.2) is 29.9 Å². The normalized spacial score (nSPS) is 10.1. The number of benzene rings is 2. The molecule has 136 valence electrons. The van der Waals surface area contributed by atoms with E-state index in [4.69, 9.17) is 4.74 Å². The molecule has 0 aliphatic rings. The van der Waals surface area contributed by atoms with Crippen LogP contribution in [0.2, 0.25) is 0 Å². The second kappa shape index (κ2) is 8.61. The van der Waals surface area contributed by atoms with E-state index in [-0.39, 0.29) is 18.2 Å². The summed E-state index contributed by atoms with van der Waals surface area (Å²) in [5, 5.41) is 16.1. The monoisotopic (exact) mass is 357 g/mol. The third-order valence-electron chi connectivity index (χ3n) is 3.48. The second-order valence-electron chi connectivity index (χ2n) is 5.48. The minimum absolute atomic E-state index is 0.0102. The summed E-state index contributed by atoms with van der Waals surface area (Å²) in [5.41, 5.74) is 1.35. The molecule has 0 radical (unpaired) electrons. The van der Waals surface area contributed by atoms with Gasteiger partial charge < -0.3 is 15.4 Å². The van der Waals surface area contributed by atoms with Crippen LogP contribution in [0.1, 0.15) is 22.8 Å². The maximum Gasteiger partial charge on any atom is 0.272 e. The fourth-order valence-electron chi connectivity index (χ4n) is 2.27. The Labute approximate surface area is 150 Å². The zero-order valence-corrected chi connectivity index (χ0v) is 14.4. The highest BCUT2D eigenvalue weighted by atomic mass is 16.6. The van der Waals surface area contributed by atoms with Gasteiger partial charge in [0.2, 0.25) is 0 Å². The number of carbonyl (C=O) groups is 2. The average Bonchev–Trinajstić information content (AvgIpc) is 2.60. The lowest BCUT2D eigenvalue weighted by Crippen LogP contribution is -2.23. The molecule has 2 aromatic rings. The summed E-state index contributed by atoms with van der Waals surface area (Å²) >= 11 is 0. The number of amides is 2. The molecule has 2 rings (SSSR count). The molecule has 0 spiro atoms. The van der Waals surface area contributed by atoms with Crippen molar-refractivity contribution in [3.63, 3.8) is 0 Å². The van der Waals surface area contributed by atoms with Gasteiger partial charge in [-0.15, -0.1) is 0 Å². The first kappa shape index (κ1) is 18.9. The number of anilines is 1. The van der Waals surface area contributed by atoms with Crippen molar-refractivity contribution < 1.29 is 19.2 Å². The summed E-state index contributed by atoms with van der Waals surface area (Å²) in [6.07, 6.45) is 0. The molecule has 0 aromatic heterocycles. The number of ether oxygens (including phenoxy) is 1. The first-order valence-electron chi connectivity index (χ1n) is 7.96. The molecule has 0 bridgehead atoms. The Morgan fingerprint density at radius 1 is 1.19 bits per heavy atom. The highest BCUT2D eigenvalue weighted by molar-refractivity contribution is 5.97. The van der Waals surface area contributed by atoms with Crippen molar-refractivity contribution in [2.45, 2.75) is 13.8 Å². The minimum atomic E-state index is -0.479. The second-order valence-corrected chi connectivity index (χ2v) is 5.48. The smallest absolute Gasteiger partial charge is 0.272 e. The van der Waals surface area contributed by atoms with E-state index in [0.717, 1.165) is 0 Å². The molecule has 0 aliphatic heterocycles. The fourth-order valence-corrected chi connectivity index (χ4v) is 2.27. The Hall–Kier alpha value is -3.42. The van der Waals surface area contributed by atoms with Crippen LogP contribution in [0.5, 0.6) is 5.75 Å². The zero-order chi connectivity index (χ0) is 19.1. The van der Waals surface area contributed by atoms with Gasteiger partial charge in [0.15, 0.2) is 6.61 Å². The first-order valence-corrected chi connectivity index (χ1v) is 7.96. The Morgan fingerprint density at radius 3 is 2.62 bits per heavy atom. The highest BCUT2D eigenvalue weighted by Gasteiger charge is 2.12. The molecule has 0 saturated heterocycles. The van der Waals surface area contributed by atoms with Gasteiger partial charge in [-0.3, -0.25) is 19.7 Å². The molecule has 0 unspecified atom stereocenters. The van der Waals surface area contributed by atoms with Crippen LogP contribution in [-0.2, 0) is 4.79 Å². The largest absolute Gasteiger partial charge is 0.484 e. The predicted octanol–water partition coefficient (Wildman–Crippen LogP) is 2.67. The average molecular weight is 357 g/mol. The van der Waals surface area contributed by atoms with Crippen LogP contribution >= 0.6 is 0 Å². The van der Waals surface area contributed by atoms with E-state index in [0.29, 0.717) is 29.1 Å². The quantitative estimate of drug-likeness (QED) is 0.585. The van der Waals surface area contributed by atoms with E-state index < -0.39 is 10.8 Å². The van der Waals surface area contributed by atoms with Crippen molar-refractivity contribution in [1.29, 1.82) is 0 Å². The van der Waals surface area contributed by atoms with Crippen LogP contribution in [0, 0.1) is 17.0 Å². The van der Waals surface area contributed by atoms with Gasteiger partial charge in [0, 0.05) is 29.4 Å². The molecule has 8 nitrogen and oxygen atoms in total. The number of nitrogens with one attached hydrogen (secondary N) is 2. The summed E-state index contributed by atoms with van der Waals surface area (Å²) in [6.45, 7) is 3.67. The van der Waals surface area contributed by atoms with E-state index in [1.807, 2.05) is 6.92 Å². The number of carbonyl (C=O) groups excluding carboxylic acids is 2. The number of nitro groups is 1. The van der Waals surface area contributed by atoms with E-state index in [1.165, 1.54) is 18.2 Å². The number of nitro benzene ring substituents is 1. The first-order chi connectivity index (χ1) is 12.4. The molecule has 2 N–H and O–H groups in total. The van der Waals surface area contributed by atoms with E-state index in [1.54, 1.807) is 31.2 Å². The summed E-state index contributed by atoms with van der Waals surface area (Å²) in [6, 6.07) is 10.8. The lowest BCUT2D eigenvalue weighted by Gasteiger charge is -2.09. The number of hydrogen-bond acceptors (Lipinski definition) is 5. The molecule has 8 heteroatoms. The van der Waals surface area contributed by atoms with Crippen molar-refractivity contribution in [3.8, 4) is 5.75 Å². The van der Waals surface area contributed by atoms with Gasteiger partial charge in [-0.05, 0) is 44.2 Å². The predicted molar refractivity (Wildman–Crippen MR) is 96.4 cm³/mol. The van der Waals surface area contributed by atoms with Crippen molar-refractivity contribution >= 4 is 23.2 Å². The van der Waals surface area contributed by atoms with Gasteiger partial charge in [-0.1, -0.05) is 6.07 Å². The minimum Gasteiger partial charge on any atom is -0.484 e. The van der Waals surface area contributed by atoms with E-state index >= 15 is 0 Å². The maximum absolute atomic E-state index is 12.0. The Morgan fingerprint density at radius 2 is 1.96 bits per heavy atom. The lowest BCUT2D eigenvalue weighted by atomic mass is 10.2. The fraction of sp³-hybridized carbons (Fsp3) is 0.222. The molecule has 0 atom stereocenters. The summed E-state index contributed by atoms with van der Waals surface area (Å²) in [7, 11) is 0. The van der Waals surface area contributed by atoms with Crippen molar-refractivity contribution in [3.05, 3.63) is 63.7 Å². The van der Waals surface area contributed by atoms with Gasteiger partial charge in [-0.25, -0.2) is 0 Å². The van der Waals surface area contributed by atoms with Crippen LogP contribution in [0.25, 0.3) is 0 Å². The van der Waals surface area contributed by atoms with Crippen LogP contribution < -0.4 is 15.4 Å². The molecular weight excluding hydrogens is 338 g/mol. The van der Waals surface area contributed by atoms with Crippen LogP contribution in [0.4, 0.5) is 11.4 Å². The van der Waals surface area contributed by atoms with Gasteiger partial charge in [0.25, 0.3) is 17.5 Å². The molecular formula is C18H19N3O5. The summed E-state index contributed by atoms with van der Waals surface area (Å²) < 4.78 is 5.36. The third-order valence-corrected chi connectivity index (χ3v) is 3.48. The molecule has 2 aromatic carbocycles. The van der Waals surface area contributed by atoms with Gasteiger partial charge in [-0.2, -0.15) is 0 Å². The number of aryl methyl sites for hydroxylation is 1. The zero-order valence-electron chi connectivity index (χ0n) is 14.4. The topological polar surface area (TPSA) is 111 Å². The molecule has 0 fully saturated rings. The summed E-state index contributed by atoms with van der Waals surface area (Å²) in [5.74, 6) is -0.269. The summed E-state index contributed by atoms with van der Waals surface area (Å²) in [4.78, 5) is 34.1. The number of rotatable bonds is 7. The standard InChI is InChI=1S/C18H19N3O5/c1-3-19-18(23)13-5-4-6-14(10-13)20-17(22)11-26-15-7-8-16(21(24)25)12(2)9-15/h4-10H,3,11H2,1-2H3,(H,19,23)(H,20,22). The van der Waals surface area contributed by atoms with Gasteiger partial charge in [0.05, 0.1) is 4.92 Å². The Kier molecular flexibility index (Phi) is 6.26. The SMILES string of the molecule is CCNC(=O)c1cccc(NC(=O)COc2ccc([N+](=O)[O-])c(C)c2)c1. The van der Waals surface area contributed by atoms with Crippen molar-refractivity contribution in [1.82, 2.24) is 5.32 Å². The Balaban J connectivity index is 1.95.